The number of carbonyl (C=O) groups excluding carboxylic acids is 1. The molecule has 0 fully saturated rings. The van der Waals surface area contributed by atoms with Crippen LogP contribution in [0.25, 0.3) is 0 Å². The third-order valence-corrected chi connectivity index (χ3v) is 6.72. The van der Waals surface area contributed by atoms with E-state index in [0.29, 0.717) is 0 Å². The van der Waals surface area contributed by atoms with Crippen molar-refractivity contribution in [2.24, 2.45) is 0 Å². The Morgan fingerprint density at radius 1 is 1.04 bits per heavy atom. The highest BCUT2D eigenvalue weighted by molar-refractivity contribution is 6.88. The third-order valence-electron chi connectivity index (χ3n) is 4.76. The SMILES string of the molecule is C=CC(=O)OCc1nnn(CCCCCCCCCCCC)c1[Si](C)(C)C. The summed E-state index contributed by atoms with van der Waals surface area (Å²) in [6.45, 7) is 13.6. The van der Waals surface area contributed by atoms with Gasteiger partial charge >= 0.3 is 5.97 Å². The van der Waals surface area contributed by atoms with Crippen molar-refractivity contribution in [3.05, 3.63) is 18.3 Å². The summed E-state index contributed by atoms with van der Waals surface area (Å²) in [4.78, 5) is 11.3. The zero-order valence-electron chi connectivity index (χ0n) is 17.9. The predicted molar refractivity (Wildman–Crippen MR) is 115 cm³/mol. The Hall–Kier alpha value is -1.43. The molecular weight excluding hydrogens is 354 g/mol. The van der Waals surface area contributed by atoms with Crippen molar-refractivity contribution < 1.29 is 9.53 Å². The molecule has 0 atom stereocenters. The average Bonchev–Trinajstić information content (AvgIpc) is 3.04. The van der Waals surface area contributed by atoms with Crippen LogP contribution in [0.15, 0.2) is 12.7 Å². The van der Waals surface area contributed by atoms with Gasteiger partial charge in [-0.25, -0.2) is 4.79 Å². The van der Waals surface area contributed by atoms with Crippen molar-refractivity contribution in [2.75, 3.05) is 0 Å². The monoisotopic (exact) mass is 393 g/mol. The van der Waals surface area contributed by atoms with Crippen LogP contribution in [0.3, 0.4) is 0 Å². The van der Waals surface area contributed by atoms with E-state index in [9.17, 15) is 4.79 Å². The van der Waals surface area contributed by atoms with Gasteiger partial charge in [0.1, 0.15) is 20.4 Å². The quantitative estimate of drug-likeness (QED) is 0.183. The van der Waals surface area contributed by atoms with Crippen LogP contribution >= 0.6 is 0 Å². The van der Waals surface area contributed by atoms with Gasteiger partial charge in [-0.15, -0.1) is 5.10 Å². The number of rotatable bonds is 15. The van der Waals surface area contributed by atoms with Crippen molar-refractivity contribution in [3.63, 3.8) is 0 Å². The first-order valence-electron chi connectivity index (χ1n) is 10.6. The molecule has 0 aliphatic carbocycles. The van der Waals surface area contributed by atoms with Gasteiger partial charge in [-0.05, 0) is 6.42 Å². The first kappa shape index (κ1) is 23.6. The van der Waals surface area contributed by atoms with Crippen molar-refractivity contribution in [3.8, 4) is 0 Å². The maximum Gasteiger partial charge on any atom is 0.330 e. The van der Waals surface area contributed by atoms with Gasteiger partial charge in [-0.3, -0.25) is 4.68 Å². The van der Waals surface area contributed by atoms with Gasteiger partial charge in [0.2, 0.25) is 0 Å². The molecule has 0 aliphatic heterocycles. The molecule has 27 heavy (non-hydrogen) atoms. The number of carbonyl (C=O) groups is 1. The van der Waals surface area contributed by atoms with Crippen LogP contribution in [-0.2, 0) is 22.7 Å². The largest absolute Gasteiger partial charge is 0.456 e. The van der Waals surface area contributed by atoms with E-state index in [4.69, 9.17) is 4.74 Å². The van der Waals surface area contributed by atoms with Crippen LogP contribution in [0.4, 0.5) is 0 Å². The molecule has 0 radical (unpaired) electrons. The van der Waals surface area contributed by atoms with E-state index in [1.807, 2.05) is 4.68 Å². The lowest BCUT2D eigenvalue weighted by molar-refractivity contribution is -0.139. The minimum atomic E-state index is -1.63. The lowest BCUT2D eigenvalue weighted by atomic mass is 10.1. The molecule has 0 amide bonds. The van der Waals surface area contributed by atoms with Crippen molar-refractivity contribution in [1.82, 2.24) is 15.0 Å². The normalized spacial score (nSPS) is 11.6. The van der Waals surface area contributed by atoms with Crippen molar-refractivity contribution >= 4 is 19.4 Å². The summed E-state index contributed by atoms with van der Waals surface area (Å²) >= 11 is 0. The van der Waals surface area contributed by atoms with Crippen LogP contribution < -0.4 is 5.32 Å². The number of ether oxygens (including phenoxy) is 1. The average molecular weight is 394 g/mol. The molecule has 0 N–H and O–H groups in total. The smallest absolute Gasteiger partial charge is 0.330 e. The molecule has 0 saturated carbocycles. The highest BCUT2D eigenvalue weighted by Gasteiger charge is 2.27. The van der Waals surface area contributed by atoms with E-state index < -0.39 is 14.0 Å². The van der Waals surface area contributed by atoms with E-state index in [2.05, 4.69) is 43.5 Å². The zero-order chi connectivity index (χ0) is 20.1. The number of nitrogens with zero attached hydrogens (tertiary/aromatic N) is 3. The number of aromatic nitrogens is 3. The highest BCUT2D eigenvalue weighted by Crippen LogP contribution is 2.12. The van der Waals surface area contributed by atoms with E-state index in [1.165, 1.54) is 69.2 Å². The van der Waals surface area contributed by atoms with E-state index >= 15 is 0 Å². The second-order valence-electron chi connectivity index (χ2n) is 8.35. The van der Waals surface area contributed by atoms with Crippen LogP contribution in [0, 0.1) is 0 Å². The molecule has 1 aromatic heterocycles. The first-order chi connectivity index (χ1) is 12.9. The van der Waals surface area contributed by atoms with Crippen LogP contribution in [0.5, 0.6) is 0 Å². The third kappa shape index (κ3) is 9.36. The predicted octanol–water partition coefficient (Wildman–Crippen LogP) is 4.97. The standard InChI is InChI=1S/C21H39N3O2Si/c1-6-8-9-10-11-12-13-14-15-16-17-24-21(27(3,4)5)19(22-23-24)18-26-20(25)7-2/h7H,2,6,8-18H2,1,3-5H3. The summed E-state index contributed by atoms with van der Waals surface area (Å²) in [7, 11) is -1.63. The minimum Gasteiger partial charge on any atom is -0.456 e. The summed E-state index contributed by atoms with van der Waals surface area (Å²) in [6, 6.07) is 0. The lowest BCUT2D eigenvalue weighted by Crippen LogP contribution is -2.45. The summed E-state index contributed by atoms with van der Waals surface area (Å²) < 4.78 is 7.23. The molecule has 6 heteroatoms. The Balaban J connectivity index is 2.38. The van der Waals surface area contributed by atoms with E-state index in [-0.39, 0.29) is 6.61 Å². The molecule has 0 spiro atoms. The Bertz CT molecular complexity index is 564. The summed E-state index contributed by atoms with van der Waals surface area (Å²) in [5.41, 5.74) is 0.802. The fraction of sp³-hybridized carbons (Fsp3) is 0.762. The number of esters is 1. The molecule has 0 aliphatic rings. The van der Waals surface area contributed by atoms with Gasteiger partial charge in [0.15, 0.2) is 0 Å². The minimum absolute atomic E-state index is 0.183. The van der Waals surface area contributed by atoms with Crippen molar-refractivity contribution in [1.29, 1.82) is 0 Å². The van der Waals surface area contributed by atoms with Gasteiger partial charge in [-0.1, -0.05) is 96.1 Å². The van der Waals surface area contributed by atoms with E-state index in [1.54, 1.807) is 0 Å². The van der Waals surface area contributed by atoms with Gasteiger partial charge in [0.25, 0.3) is 0 Å². The van der Waals surface area contributed by atoms with Gasteiger partial charge in [0.05, 0.1) is 0 Å². The molecule has 1 aromatic rings. The Labute approximate surface area is 166 Å². The Kier molecular flexibility index (Phi) is 11.2. The van der Waals surface area contributed by atoms with Gasteiger partial charge in [-0.2, -0.15) is 0 Å². The molecular formula is C21H39N3O2Si. The van der Waals surface area contributed by atoms with Crippen molar-refractivity contribution in [2.45, 2.75) is 104 Å². The molecule has 0 unspecified atom stereocenters. The molecule has 0 bridgehead atoms. The maximum absolute atomic E-state index is 11.3. The molecule has 0 saturated heterocycles. The molecule has 1 rings (SSSR count). The van der Waals surface area contributed by atoms with E-state index in [0.717, 1.165) is 18.7 Å². The highest BCUT2D eigenvalue weighted by atomic mass is 28.3. The lowest BCUT2D eigenvalue weighted by Gasteiger charge is -2.19. The van der Waals surface area contributed by atoms with Gasteiger partial charge < -0.3 is 4.74 Å². The Morgan fingerprint density at radius 2 is 1.59 bits per heavy atom. The fourth-order valence-electron chi connectivity index (χ4n) is 3.37. The zero-order valence-corrected chi connectivity index (χ0v) is 18.9. The molecule has 154 valence electrons. The Morgan fingerprint density at radius 3 is 2.11 bits per heavy atom. The summed E-state index contributed by atoms with van der Waals surface area (Å²) in [5.74, 6) is -0.416. The number of unbranched alkanes of at least 4 members (excludes halogenated alkanes) is 9. The fourth-order valence-corrected chi connectivity index (χ4v) is 5.29. The second-order valence-corrected chi connectivity index (χ2v) is 13.3. The number of aryl methyl sites for hydroxylation is 1. The first-order valence-corrected chi connectivity index (χ1v) is 14.1. The van der Waals surface area contributed by atoms with Crippen LogP contribution in [-0.4, -0.2) is 29.0 Å². The maximum atomic E-state index is 11.3. The van der Waals surface area contributed by atoms with Crippen LogP contribution in [0.2, 0.25) is 19.6 Å². The number of hydrogen-bond acceptors (Lipinski definition) is 4. The summed E-state index contributed by atoms with van der Waals surface area (Å²) in [6.07, 6.45) is 14.4. The molecule has 5 nitrogen and oxygen atoms in total. The van der Waals surface area contributed by atoms with Crippen LogP contribution in [0.1, 0.15) is 76.8 Å². The van der Waals surface area contributed by atoms with Gasteiger partial charge in [0, 0.05) is 17.9 Å². The summed E-state index contributed by atoms with van der Waals surface area (Å²) in [5, 5.41) is 9.83. The molecule has 0 aromatic carbocycles. The number of hydrogen-bond donors (Lipinski definition) is 0. The second kappa shape index (κ2) is 12.9. The topological polar surface area (TPSA) is 57.0 Å². The molecule has 1 heterocycles.